The van der Waals surface area contributed by atoms with Crippen LogP contribution in [0.5, 0.6) is 5.75 Å². The molecule has 2 aliphatic rings. The van der Waals surface area contributed by atoms with Crippen molar-refractivity contribution in [1.29, 1.82) is 0 Å². The molecule has 0 spiro atoms. The molecule has 4 N–H and O–H groups in total. The summed E-state index contributed by atoms with van der Waals surface area (Å²) >= 11 is 0. The Morgan fingerprint density at radius 3 is 2.56 bits per heavy atom. The second kappa shape index (κ2) is 12.9. The van der Waals surface area contributed by atoms with Crippen LogP contribution in [0, 0.1) is 5.92 Å². The highest BCUT2D eigenvalue weighted by Gasteiger charge is 2.25. The molecule has 0 unspecified atom stereocenters. The summed E-state index contributed by atoms with van der Waals surface area (Å²) in [4.78, 5) is 25.3. The fraction of sp³-hybridized carbons (Fsp3) is 0.414. The van der Waals surface area contributed by atoms with Gasteiger partial charge < -0.3 is 30.5 Å². The zero-order valence-corrected chi connectivity index (χ0v) is 22.1. The minimum absolute atomic E-state index is 0.243. The van der Waals surface area contributed by atoms with E-state index < -0.39 is 5.97 Å². The maximum Gasteiger partial charge on any atom is 0.306 e. The molecule has 2 aliphatic heterocycles. The van der Waals surface area contributed by atoms with E-state index in [4.69, 9.17) is 20.2 Å². The van der Waals surface area contributed by atoms with Crippen molar-refractivity contribution < 1.29 is 19.4 Å². The van der Waals surface area contributed by atoms with E-state index in [0.717, 1.165) is 55.4 Å². The molecule has 0 radical (unpaired) electrons. The summed E-state index contributed by atoms with van der Waals surface area (Å²) in [6, 6.07) is 16.0. The van der Waals surface area contributed by atoms with Crippen LogP contribution in [-0.4, -0.2) is 78.5 Å². The summed E-state index contributed by atoms with van der Waals surface area (Å²) < 4.78 is 11.1. The van der Waals surface area contributed by atoms with Crippen LogP contribution in [0.3, 0.4) is 0 Å². The van der Waals surface area contributed by atoms with Crippen molar-refractivity contribution in [3.8, 4) is 17.0 Å². The van der Waals surface area contributed by atoms with Gasteiger partial charge in [0.1, 0.15) is 12.4 Å². The van der Waals surface area contributed by atoms with E-state index >= 15 is 0 Å². The number of hydrogen-bond acceptors (Lipinski definition) is 9. The van der Waals surface area contributed by atoms with E-state index in [9.17, 15) is 9.90 Å². The van der Waals surface area contributed by atoms with Crippen molar-refractivity contribution in [3.63, 3.8) is 0 Å². The van der Waals surface area contributed by atoms with Crippen LogP contribution in [-0.2, 0) is 16.1 Å². The summed E-state index contributed by atoms with van der Waals surface area (Å²) in [7, 11) is 0. The number of aromatic nitrogens is 2. The molecule has 206 valence electrons. The molecule has 0 aliphatic carbocycles. The van der Waals surface area contributed by atoms with Gasteiger partial charge in [-0.1, -0.05) is 0 Å². The first-order valence-corrected chi connectivity index (χ1v) is 13.5. The Morgan fingerprint density at radius 1 is 1.08 bits per heavy atom. The third-order valence-corrected chi connectivity index (χ3v) is 7.21. The van der Waals surface area contributed by atoms with Crippen LogP contribution in [0.15, 0.2) is 54.7 Å². The minimum Gasteiger partial charge on any atom is -0.492 e. The number of carboxylic acids is 1. The molecule has 2 fully saturated rings. The Labute approximate surface area is 228 Å². The van der Waals surface area contributed by atoms with E-state index in [1.165, 1.54) is 11.3 Å². The van der Waals surface area contributed by atoms with Crippen molar-refractivity contribution in [3.05, 3.63) is 60.3 Å². The highest BCUT2D eigenvalue weighted by atomic mass is 16.5. The van der Waals surface area contributed by atoms with E-state index in [1.807, 2.05) is 30.3 Å². The van der Waals surface area contributed by atoms with Gasteiger partial charge in [-0.25, -0.2) is 9.97 Å². The largest absolute Gasteiger partial charge is 0.492 e. The van der Waals surface area contributed by atoms with Crippen molar-refractivity contribution in [2.45, 2.75) is 19.4 Å². The Hall–Kier alpha value is -3.73. The molecule has 2 saturated heterocycles. The van der Waals surface area contributed by atoms with E-state index in [2.05, 4.69) is 38.3 Å². The molecule has 0 bridgehead atoms. The quantitative estimate of drug-likeness (QED) is 0.358. The van der Waals surface area contributed by atoms with E-state index in [0.29, 0.717) is 45.2 Å². The summed E-state index contributed by atoms with van der Waals surface area (Å²) in [6.07, 6.45) is 3.11. The molecule has 3 heterocycles. The molecule has 2 aromatic carbocycles. The number of carboxylic acid groups (broad SMARTS) is 1. The molecule has 39 heavy (non-hydrogen) atoms. The third-order valence-electron chi connectivity index (χ3n) is 7.21. The summed E-state index contributed by atoms with van der Waals surface area (Å²) in [5.74, 6) is 0.361. The first-order chi connectivity index (χ1) is 19.1. The highest BCUT2D eigenvalue weighted by Crippen LogP contribution is 2.30. The monoisotopic (exact) mass is 532 g/mol. The number of morpholine rings is 1. The fourth-order valence-electron chi connectivity index (χ4n) is 5.09. The fourth-order valence-corrected chi connectivity index (χ4v) is 5.09. The number of carbonyl (C=O) groups is 1. The topological polar surface area (TPSA) is 126 Å². The molecule has 1 aromatic heterocycles. The summed E-state index contributed by atoms with van der Waals surface area (Å²) in [5, 5.41) is 12.8. The standard InChI is InChI=1S/C29H36N6O4/c30-10-16-39-25-4-1-21(2-5-25)26-7-11-31-29(33-26)32-24-3-6-27(35-14-17-38-18-15-35)23(19-24)20-34-12-8-22(9-13-34)28(36)37/h1-7,11,19,22H,8-10,12-18,20,30H2,(H,36,37)(H,31,32,33). The van der Waals surface area contributed by atoms with Crippen LogP contribution in [0.4, 0.5) is 17.3 Å². The van der Waals surface area contributed by atoms with Gasteiger partial charge in [0.2, 0.25) is 5.95 Å². The lowest BCUT2D eigenvalue weighted by atomic mass is 9.96. The van der Waals surface area contributed by atoms with Gasteiger partial charge in [-0.2, -0.15) is 0 Å². The summed E-state index contributed by atoms with van der Waals surface area (Å²) in [6.45, 7) is 6.39. The minimum atomic E-state index is -0.687. The predicted octanol–water partition coefficient (Wildman–Crippen LogP) is 3.36. The van der Waals surface area contributed by atoms with Crippen molar-refractivity contribution in [2.24, 2.45) is 11.7 Å². The van der Waals surface area contributed by atoms with Gasteiger partial charge in [0.05, 0.1) is 24.8 Å². The first-order valence-electron chi connectivity index (χ1n) is 13.5. The lowest BCUT2D eigenvalue weighted by molar-refractivity contribution is -0.143. The maximum absolute atomic E-state index is 11.4. The van der Waals surface area contributed by atoms with Gasteiger partial charge in [-0.05, 0) is 80.0 Å². The van der Waals surface area contributed by atoms with Crippen LogP contribution in [0.2, 0.25) is 0 Å². The molecule has 10 nitrogen and oxygen atoms in total. The number of benzene rings is 2. The maximum atomic E-state index is 11.4. The lowest BCUT2D eigenvalue weighted by Gasteiger charge is -2.34. The molecule has 10 heteroatoms. The van der Waals surface area contributed by atoms with Gasteiger partial charge in [-0.3, -0.25) is 9.69 Å². The molecular formula is C29H36N6O4. The van der Waals surface area contributed by atoms with Gasteiger partial charge in [0.25, 0.3) is 0 Å². The second-order valence-electron chi connectivity index (χ2n) is 9.88. The van der Waals surface area contributed by atoms with Gasteiger partial charge in [0, 0.05) is 49.3 Å². The number of nitrogens with one attached hydrogen (secondary N) is 1. The van der Waals surface area contributed by atoms with Crippen LogP contribution >= 0.6 is 0 Å². The Kier molecular flexibility index (Phi) is 8.87. The molecule has 0 amide bonds. The SMILES string of the molecule is NCCOc1ccc(-c2ccnc(Nc3ccc(N4CCOCC4)c(CN4CCC(C(=O)O)CC4)c3)n2)cc1. The van der Waals surface area contributed by atoms with Crippen LogP contribution in [0.1, 0.15) is 18.4 Å². The number of anilines is 3. The predicted molar refractivity (Wildman–Crippen MR) is 150 cm³/mol. The van der Waals surface area contributed by atoms with Crippen LogP contribution in [0.25, 0.3) is 11.3 Å². The average molecular weight is 533 g/mol. The molecule has 3 aromatic rings. The van der Waals surface area contributed by atoms with Gasteiger partial charge in [-0.15, -0.1) is 0 Å². The highest BCUT2D eigenvalue weighted by molar-refractivity contribution is 5.70. The molecule has 0 atom stereocenters. The van der Waals surface area contributed by atoms with Crippen molar-refractivity contribution >= 4 is 23.3 Å². The van der Waals surface area contributed by atoms with Gasteiger partial charge in [0.15, 0.2) is 0 Å². The number of ether oxygens (including phenoxy) is 2. The molecule has 5 rings (SSSR count). The number of rotatable bonds is 10. The number of aliphatic carboxylic acids is 1. The second-order valence-corrected chi connectivity index (χ2v) is 9.88. The summed E-state index contributed by atoms with van der Waals surface area (Å²) in [5.41, 5.74) is 10.6. The average Bonchev–Trinajstić information content (AvgIpc) is 2.97. The lowest BCUT2D eigenvalue weighted by Crippen LogP contribution is -2.38. The smallest absolute Gasteiger partial charge is 0.306 e. The zero-order valence-electron chi connectivity index (χ0n) is 22.1. The van der Waals surface area contributed by atoms with Crippen LogP contribution < -0.4 is 20.7 Å². The zero-order chi connectivity index (χ0) is 27.0. The van der Waals surface area contributed by atoms with E-state index in [-0.39, 0.29) is 5.92 Å². The number of nitrogens with two attached hydrogens (primary N) is 1. The number of likely N-dealkylation sites (tertiary alicyclic amines) is 1. The molecule has 0 saturated carbocycles. The van der Waals surface area contributed by atoms with Gasteiger partial charge >= 0.3 is 5.97 Å². The third kappa shape index (κ3) is 7.03. The number of piperidine rings is 1. The Morgan fingerprint density at radius 2 is 1.85 bits per heavy atom. The Bertz CT molecular complexity index is 1240. The first kappa shape index (κ1) is 26.9. The normalized spacial score (nSPS) is 16.7. The number of hydrogen-bond donors (Lipinski definition) is 3. The Balaban J connectivity index is 1.33. The molecular weight excluding hydrogens is 496 g/mol. The van der Waals surface area contributed by atoms with Crippen molar-refractivity contribution in [1.82, 2.24) is 14.9 Å². The number of nitrogens with zero attached hydrogens (tertiary/aromatic N) is 4. The van der Waals surface area contributed by atoms with Crippen molar-refractivity contribution in [2.75, 3.05) is 62.8 Å². The van der Waals surface area contributed by atoms with E-state index in [1.54, 1.807) is 6.20 Å².